The van der Waals surface area contributed by atoms with Gasteiger partial charge in [0.1, 0.15) is 0 Å². The molecule has 8 heteroatoms. The third-order valence-electron chi connectivity index (χ3n) is 5.41. The van der Waals surface area contributed by atoms with Crippen molar-refractivity contribution < 1.29 is 9.59 Å². The van der Waals surface area contributed by atoms with Crippen LogP contribution in [-0.2, 0) is 11.2 Å². The van der Waals surface area contributed by atoms with Crippen molar-refractivity contribution in [2.45, 2.75) is 38.1 Å². The van der Waals surface area contributed by atoms with Crippen LogP contribution >= 0.6 is 11.3 Å². The molecule has 0 radical (unpaired) electrons. The molecule has 1 aliphatic heterocycles. The molecule has 0 bridgehead atoms. The van der Waals surface area contributed by atoms with E-state index in [9.17, 15) is 9.59 Å². The van der Waals surface area contributed by atoms with Crippen molar-refractivity contribution in [3.8, 4) is 0 Å². The van der Waals surface area contributed by atoms with Crippen molar-refractivity contribution in [3.05, 3.63) is 70.7 Å². The molecule has 2 amide bonds. The van der Waals surface area contributed by atoms with E-state index in [0.717, 1.165) is 32.2 Å². The maximum Gasteiger partial charge on any atom is 0.251 e. The largest absolute Gasteiger partial charge is 0.348 e. The lowest BCUT2D eigenvalue weighted by molar-refractivity contribution is -0.116. The molecule has 4 rings (SSSR count). The Morgan fingerprint density at radius 1 is 1.12 bits per heavy atom. The fourth-order valence-electron chi connectivity index (χ4n) is 3.84. The number of rotatable bonds is 8. The Morgan fingerprint density at radius 3 is 2.81 bits per heavy atom. The summed E-state index contributed by atoms with van der Waals surface area (Å²) in [4.78, 5) is 37.1. The van der Waals surface area contributed by atoms with E-state index >= 15 is 0 Å². The molecule has 0 aliphatic carbocycles. The minimum Gasteiger partial charge on any atom is -0.348 e. The van der Waals surface area contributed by atoms with E-state index in [1.165, 1.54) is 4.88 Å². The van der Waals surface area contributed by atoms with Crippen LogP contribution in [0, 0.1) is 0 Å². The van der Waals surface area contributed by atoms with E-state index in [1.807, 2.05) is 17.5 Å². The second kappa shape index (κ2) is 10.9. The average Bonchev–Trinajstić information content (AvgIpc) is 3.33. The van der Waals surface area contributed by atoms with Crippen LogP contribution in [0.25, 0.3) is 0 Å². The number of nitrogens with one attached hydrogen (secondary N) is 2. The van der Waals surface area contributed by atoms with E-state index in [-0.39, 0.29) is 17.9 Å². The van der Waals surface area contributed by atoms with Crippen LogP contribution in [0.5, 0.6) is 0 Å². The second-order valence-electron chi connectivity index (χ2n) is 7.87. The Balaban J connectivity index is 1.28. The number of piperidine rings is 1. The minimum absolute atomic E-state index is 0.0237. The summed E-state index contributed by atoms with van der Waals surface area (Å²) in [6.07, 6.45) is 7.49. The summed E-state index contributed by atoms with van der Waals surface area (Å²) >= 11 is 1.71. The summed E-state index contributed by atoms with van der Waals surface area (Å²) in [6, 6.07) is 13.0. The molecule has 0 saturated carbocycles. The molecule has 166 valence electrons. The number of hydrogen-bond donors (Lipinski definition) is 2. The molecule has 2 aromatic heterocycles. The third kappa shape index (κ3) is 6.13. The molecule has 1 unspecified atom stereocenters. The molecule has 1 aliphatic rings. The van der Waals surface area contributed by atoms with Crippen molar-refractivity contribution in [2.75, 3.05) is 23.3 Å². The first-order valence-corrected chi connectivity index (χ1v) is 11.8. The molecule has 2 N–H and O–H groups in total. The van der Waals surface area contributed by atoms with Gasteiger partial charge in [-0.05, 0) is 61.4 Å². The predicted molar refractivity (Wildman–Crippen MR) is 127 cm³/mol. The van der Waals surface area contributed by atoms with E-state index in [2.05, 4.69) is 31.6 Å². The van der Waals surface area contributed by atoms with Crippen LogP contribution in [-0.4, -0.2) is 40.9 Å². The molecule has 32 heavy (non-hydrogen) atoms. The van der Waals surface area contributed by atoms with Crippen LogP contribution in [0.3, 0.4) is 0 Å². The Bertz CT molecular complexity index is 1030. The van der Waals surface area contributed by atoms with Gasteiger partial charge in [-0.25, -0.2) is 9.97 Å². The van der Waals surface area contributed by atoms with Crippen LogP contribution < -0.4 is 15.5 Å². The van der Waals surface area contributed by atoms with Crippen LogP contribution in [0.2, 0.25) is 0 Å². The van der Waals surface area contributed by atoms with Crippen molar-refractivity contribution in [1.82, 2.24) is 15.3 Å². The number of aryl methyl sites for hydroxylation is 1. The number of carbonyl (C=O) groups excluding carboxylic acids is 2. The summed E-state index contributed by atoms with van der Waals surface area (Å²) in [7, 11) is 0. The van der Waals surface area contributed by atoms with Gasteiger partial charge in [-0.1, -0.05) is 12.1 Å². The Morgan fingerprint density at radius 2 is 2.00 bits per heavy atom. The van der Waals surface area contributed by atoms with Crippen LogP contribution in [0.4, 0.5) is 11.6 Å². The zero-order valence-corrected chi connectivity index (χ0v) is 18.7. The van der Waals surface area contributed by atoms with Gasteiger partial charge in [0.2, 0.25) is 11.9 Å². The van der Waals surface area contributed by atoms with Gasteiger partial charge in [0.15, 0.2) is 0 Å². The molecule has 1 fully saturated rings. The molecular formula is C24H27N5O2S. The lowest BCUT2D eigenvalue weighted by atomic mass is 10.1. The minimum atomic E-state index is -0.139. The van der Waals surface area contributed by atoms with Gasteiger partial charge >= 0.3 is 0 Å². The zero-order valence-electron chi connectivity index (χ0n) is 17.9. The number of nitrogens with zero attached hydrogens (tertiary/aromatic N) is 3. The normalized spacial score (nSPS) is 15.9. The van der Waals surface area contributed by atoms with Crippen molar-refractivity contribution in [3.63, 3.8) is 0 Å². The van der Waals surface area contributed by atoms with E-state index in [1.54, 1.807) is 48.0 Å². The topological polar surface area (TPSA) is 87.2 Å². The van der Waals surface area contributed by atoms with Gasteiger partial charge in [0.05, 0.1) is 0 Å². The molecule has 1 aromatic carbocycles. The standard InChI is InChI=1S/C24H27N5O2S/c30-22(11-2-9-21-10-4-15-32-21)27-19-7-1-6-18(16-19)23(31)28-20-8-3-14-29(17-20)24-25-12-5-13-26-24/h1,4-7,10,12-13,15-16,20H,2-3,8-9,11,14,17H2,(H,27,30)(H,28,31). The summed E-state index contributed by atoms with van der Waals surface area (Å²) in [5, 5.41) is 8.07. The predicted octanol–water partition coefficient (Wildman–Crippen LogP) is 3.90. The molecule has 1 saturated heterocycles. The monoisotopic (exact) mass is 449 g/mol. The third-order valence-corrected chi connectivity index (χ3v) is 6.34. The van der Waals surface area contributed by atoms with E-state index in [4.69, 9.17) is 0 Å². The average molecular weight is 450 g/mol. The maximum atomic E-state index is 12.8. The van der Waals surface area contributed by atoms with Crippen LogP contribution in [0.1, 0.15) is 40.9 Å². The van der Waals surface area contributed by atoms with Crippen molar-refractivity contribution in [2.24, 2.45) is 0 Å². The van der Waals surface area contributed by atoms with Gasteiger partial charge in [0, 0.05) is 54.1 Å². The lowest BCUT2D eigenvalue weighted by Crippen LogP contribution is -2.48. The number of thiophene rings is 1. The number of anilines is 2. The zero-order chi connectivity index (χ0) is 22.2. The molecule has 1 atom stereocenters. The lowest BCUT2D eigenvalue weighted by Gasteiger charge is -2.33. The number of aromatic nitrogens is 2. The summed E-state index contributed by atoms with van der Waals surface area (Å²) in [5.41, 5.74) is 1.18. The van der Waals surface area contributed by atoms with Gasteiger partial charge < -0.3 is 15.5 Å². The smallest absolute Gasteiger partial charge is 0.251 e. The van der Waals surface area contributed by atoms with Gasteiger partial charge in [-0.2, -0.15) is 0 Å². The Labute approximate surface area is 191 Å². The molecular weight excluding hydrogens is 422 g/mol. The van der Waals surface area contributed by atoms with Crippen molar-refractivity contribution in [1.29, 1.82) is 0 Å². The molecule has 7 nitrogen and oxygen atoms in total. The highest BCUT2D eigenvalue weighted by molar-refractivity contribution is 7.09. The van der Waals surface area contributed by atoms with E-state index in [0.29, 0.717) is 30.2 Å². The van der Waals surface area contributed by atoms with E-state index < -0.39 is 0 Å². The van der Waals surface area contributed by atoms with Crippen LogP contribution in [0.15, 0.2) is 60.2 Å². The first-order valence-electron chi connectivity index (χ1n) is 10.9. The number of hydrogen-bond acceptors (Lipinski definition) is 6. The number of amides is 2. The summed E-state index contributed by atoms with van der Waals surface area (Å²) in [6.45, 7) is 1.56. The summed E-state index contributed by atoms with van der Waals surface area (Å²) < 4.78 is 0. The first-order chi connectivity index (χ1) is 15.7. The molecule has 3 heterocycles. The highest BCUT2D eigenvalue weighted by atomic mass is 32.1. The maximum absolute atomic E-state index is 12.8. The van der Waals surface area contributed by atoms with Gasteiger partial charge in [-0.3, -0.25) is 9.59 Å². The van der Waals surface area contributed by atoms with Gasteiger partial charge in [-0.15, -0.1) is 11.3 Å². The molecule has 0 spiro atoms. The molecule has 3 aromatic rings. The fraction of sp³-hybridized carbons (Fsp3) is 0.333. The summed E-state index contributed by atoms with van der Waals surface area (Å²) in [5.74, 6) is 0.514. The quantitative estimate of drug-likeness (QED) is 0.545. The highest BCUT2D eigenvalue weighted by Gasteiger charge is 2.23. The SMILES string of the molecule is O=C(CCCc1cccs1)Nc1cccc(C(=O)NC2CCCN(c3ncccn3)C2)c1. The Kier molecular flexibility index (Phi) is 7.45. The number of carbonyl (C=O) groups is 2. The Hall–Kier alpha value is -3.26. The second-order valence-corrected chi connectivity index (χ2v) is 8.90. The van der Waals surface area contributed by atoms with Crippen molar-refractivity contribution >= 4 is 34.8 Å². The fourth-order valence-corrected chi connectivity index (χ4v) is 4.59. The highest BCUT2D eigenvalue weighted by Crippen LogP contribution is 2.17. The first kappa shape index (κ1) is 22.0. The number of benzene rings is 1. The van der Waals surface area contributed by atoms with Gasteiger partial charge in [0.25, 0.3) is 5.91 Å².